The lowest BCUT2D eigenvalue weighted by Crippen LogP contribution is -2.20. The van der Waals surface area contributed by atoms with Crippen LogP contribution in [-0.2, 0) is 4.74 Å². The standard InChI is InChI=1S/C13H29NO/c1-4-15-12-11-14-10-8-6-5-7-9-13(2)3/h13-14H,4-12H2,1-3H3. The summed E-state index contributed by atoms with van der Waals surface area (Å²) in [5.41, 5.74) is 0. The van der Waals surface area contributed by atoms with Gasteiger partial charge in [0.05, 0.1) is 6.61 Å². The van der Waals surface area contributed by atoms with Crippen LogP contribution in [0.5, 0.6) is 0 Å². The Labute approximate surface area is 95.8 Å². The van der Waals surface area contributed by atoms with Gasteiger partial charge in [-0.2, -0.15) is 0 Å². The highest BCUT2D eigenvalue weighted by Gasteiger charge is 1.94. The van der Waals surface area contributed by atoms with Crippen molar-refractivity contribution < 1.29 is 4.74 Å². The van der Waals surface area contributed by atoms with Gasteiger partial charge in [0, 0.05) is 13.2 Å². The van der Waals surface area contributed by atoms with Crippen LogP contribution < -0.4 is 5.32 Å². The van der Waals surface area contributed by atoms with Crippen LogP contribution in [0, 0.1) is 5.92 Å². The first-order valence-corrected chi connectivity index (χ1v) is 6.55. The third-order valence-corrected chi connectivity index (χ3v) is 2.51. The molecule has 0 aliphatic heterocycles. The lowest BCUT2D eigenvalue weighted by molar-refractivity contribution is 0.149. The van der Waals surface area contributed by atoms with E-state index >= 15 is 0 Å². The molecule has 0 bridgehead atoms. The molecule has 0 aliphatic rings. The molecule has 15 heavy (non-hydrogen) atoms. The second-order valence-electron chi connectivity index (χ2n) is 4.54. The Morgan fingerprint density at radius 2 is 1.73 bits per heavy atom. The molecule has 0 saturated carbocycles. The molecule has 0 amide bonds. The molecular weight excluding hydrogens is 186 g/mol. The first-order valence-electron chi connectivity index (χ1n) is 6.55. The molecule has 0 saturated heterocycles. The third kappa shape index (κ3) is 13.9. The highest BCUT2D eigenvalue weighted by Crippen LogP contribution is 2.08. The Bertz CT molecular complexity index is 115. The number of hydrogen-bond donors (Lipinski definition) is 1. The molecule has 2 heteroatoms. The summed E-state index contributed by atoms with van der Waals surface area (Å²) >= 11 is 0. The fraction of sp³-hybridized carbons (Fsp3) is 1.00. The van der Waals surface area contributed by atoms with E-state index in [1.54, 1.807) is 0 Å². The van der Waals surface area contributed by atoms with Crippen LogP contribution in [0.15, 0.2) is 0 Å². The number of ether oxygens (including phenoxy) is 1. The summed E-state index contributed by atoms with van der Waals surface area (Å²) in [6.45, 7) is 10.5. The third-order valence-electron chi connectivity index (χ3n) is 2.51. The average molecular weight is 215 g/mol. The zero-order valence-electron chi connectivity index (χ0n) is 10.8. The second kappa shape index (κ2) is 12.0. The van der Waals surface area contributed by atoms with Gasteiger partial charge in [0.15, 0.2) is 0 Å². The lowest BCUT2D eigenvalue weighted by Gasteiger charge is -2.06. The van der Waals surface area contributed by atoms with Gasteiger partial charge in [-0.15, -0.1) is 0 Å². The van der Waals surface area contributed by atoms with Crippen molar-refractivity contribution in [1.82, 2.24) is 5.32 Å². The summed E-state index contributed by atoms with van der Waals surface area (Å²) < 4.78 is 5.24. The van der Waals surface area contributed by atoms with Crippen LogP contribution in [0.25, 0.3) is 0 Å². The zero-order valence-corrected chi connectivity index (χ0v) is 10.8. The normalized spacial score (nSPS) is 11.2. The quantitative estimate of drug-likeness (QED) is 0.534. The van der Waals surface area contributed by atoms with Crippen molar-refractivity contribution >= 4 is 0 Å². The summed E-state index contributed by atoms with van der Waals surface area (Å²) in [5.74, 6) is 0.870. The van der Waals surface area contributed by atoms with Gasteiger partial charge in [0.1, 0.15) is 0 Å². The SMILES string of the molecule is CCOCCNCCCCCCC(C)C. The molecule has 92 valence electrons. The average Bonchev–Trinajstić information content (AvgIpc) is 2.20. The minimum atomic E-state index is 0.830. The number of rotatable bonds is 11. The molecule has 0 rings (SSSR count). The van der Waals surface area contributed by atoms with E-state index in [2.05, 4.69) is 19.2 Å². The van der Waals surface area contributed by atoms with Crippen molar-refractivity contribution in [2.24, 2.45) is 5.92 Å². The topological polar surface area (TPSA) is 21.3 Å². The molecule has 0 radical (unpaired) electrons. The Kier molecular flexibility index (Phi) is 11.9. The fourth-order valence-electron chi connectivity index (χ4n) is 1.57. The van der Waals surface area contributed by atoms with E-state index in [-0.39, 0.29) is 0 Å². The predicted molar refractivity (Wildman–Crippen MR) is 67.3 cm³/mol. The van der Waals surface area contributed by atoms with Crippen LogP contribution in [-0.4, -0.2) is 26.3 Å². The van der Waals surface area contributed by atoms with E-state index in [0.29, 0.717) is 0 Å². The molecule has 0 aromatic rings. The van der Waals surface area contributed by atoms with Gasteiger partial charge in [-0.05, 0) is 25.8 Å². The second-order valence-corrected chi connectivity index (χ2v) is 4.54. The van der Waals surface area contributed by atoms with E-state index in [1.165, 1.54) is 32.1 Å². The number of unbranched alkanes of at least 4 members (excludes halogenated alkanes) is 3. The number of hydrogen-bond acceptors (Lipinski definition) is 2. The van der Waals surface area contributed by atoms with E-state index in [0.717, 1.165) is 32.2 Å². The van der Waals surface area contributed by atoms with Crippen molar-refractivity contribution in [1.29, 1.82) is 0 Å². The molecule has 0 aliphatic carbocycles. The smallest absolute Gasteiger partial charge is 0.0590 e. The van der Waals surface area contributed by atoms with Crippen LogP contribution in [0.3, 0.4) is 0 Å². The molecule has 2 nitrogen and oxygen atoms in total. The van der Waals surface area contributed by atoms with Gasteiger partial charge in [-0.1, -0.05) is 39.5 Å². The zero-order chi connectivity index (χ0) is 11.4. The Hall–Kier alpha value is -0.0800. The van der Waals surface area contributed by atoms with Crippen molar-refractivity contribution in [3.05, 3.63) is 0 Å². The van der Waals surface area contributed by atoms with Gasteiger partial charge in [-0.3, -0.25) is 0 Å². The molecule has 0 fully saturated rings. The van der Waals surface area contributed by atoms with Crippen molar-refractivity contribution in [2.75, 3.05) is 26.3 Å². The molecule has 0 atom stereocenters. The minimum Gasteiger partial charge on any atom is -0.380 e. The van der Waals surface area contributed by atoms with Crippen LogP contribution in [0.2, 0.25) is 0 Å². The van der Waals surface area contributed by atoms with Gasteiger partial charge < -0.3 is 10.1 Å². The Balaban J connectivity index is 2.87. The predicted octanol–water partition coefficient (Wildman–Crippen LogP) is 3.22. The van der Waals surface area contributed by atoms with Gasteiger partial charge >= 0.3 is 0 Å². The van der Waals surface area contributed by atoms with E-state index in [1.807, 2.05) is 6.92 Å². The molecule has 0 aromatic heterocycles. The lowest BCUT2D eigenvalue weighted by atomic mass is 10.0. The van der Waals surface area contributed by atoms with Crippen molar-refractivity contribution in [3.8, 4) is 0 Å². The van der Waals surface area contributed by atoms with Crippen molar-refractivity contribution in [2.45, 2.75) is 52.9 Å². The maximum atomic E-state index is 5.24. The summed E-state index contributed by atoms with van der Waals surface area (Å²) in [6, 6.07) is 0. The molecule has 0 heterocycles. The van der Waals surface area contributed by atoms with Crippen LogP contribution >= 0.6 is 0 Å². The highest BCUT2D eigenvalue weighted by atomic mass is 16.5. The van der Waals surface area contributed by atoms with Crippen molar-refractivity contribution in [3.63, 3.8) is 0 Å². The van der Waals surface area contributed by atoms with E-state index < -0.39 is 0 Å². The van der Waals surface area contributed by atoms with Gasteiger partial charge in [-0.25, -0.2) is 0 Å². The van der Waals surface area contributed by atoms with Gasteiger partial charge in [0.2, 0.25) is 0 Å². The fourth-order valence-corrected chi connectivity index (χ4v) is 1.57. The minimum absolute atomic E-state index is 0.830. The maximum absolute atomic E-state index is 5.24. The summed E-state index contributed by atoms with van der Waals surface area (Å²) in [7, 11) is 0. The largest absolute Gasteiger partial charge is 0.380 e. The summed E-state index contributed by atoms with van der Waals surface area (Å²) in [5, 5.41) is 3.39. The Morgan fingerprint density at radius 1 is 1.00 bits per heavy atom. The maximum Gasteiger partial charge on any atom is 0.0590 e. The molecule has 0 spiro atoms. The highest BCUT2D eigenvalue weighted by molar-refractivity contribution is 4.50. The van der Waals surface area contributed by atoms with Gasteiger partial charge in [0.25, 0.3) is 0 Å². The monoisotopic (exact) mass is 215 g/mol. The van der Waals surface area contributed by atoms with E-state index in [4.69, 9.17) is 4.74 Å². The molecule has 0 aromatic carbocycles. The molecule has 0 unspecified atom stereocenters. The first-order chi connectivity index (χ1) is 7.27. The summed E-state index contributed by atoms with van der Waals surface area (Å²) in [4.78, 5) is 0. The molecule has 1 N–H and O–H groups in total. The Morgan fingerprint density at radius 3 is 2.40 bits per heavy atom. The summed E-state index contributed by atoms with van der Waals surface area (Å²) in [6.07, 6.45) is 6.86. The van der Waals surface area contributed by atoms with E-state index in [9.17, 15) is 0 Å². The number of nitrogens with one attached hydrogen (secondary N) is 1. The molecular formula is C13H29NO. The van der Waals surface area contributed by atoms with Crippen LogP contribution in [0.4, 0.5) is 0 Å². The van der Waals surface area contributed by atoms with Crippen LogP contribution in [0.1, 0.15) is 52.9 Å². The first kappa shape index (κ1) is 14.9.